The molecule has 22 heavy (non-hydrogen) atoms. The molecule has 1 aromatic carbocycles. The number of carbonyl (C=O) groups excluding carboxylic acids is 1. The van der Waals surface area contributed by atoms with Crippen molar-refractivity contribution in [1.82, 2.24) is 4.90 Å². The van der Waals surface area contributed by atoms with Gasteiger partial charge >= 0.3 is 0 Å². The van der Waals surface area contributed by atoms with Crippen LogP contribution < -0.4 is 9.47 Å². The van der Waals surface area contributed by atoms with E-state index in [0.29, 0.717) is 22.1 Å². The minimum atomic E-state index is -0.0236. The van der Waals surface area contributed by atoms with E-state index in [9.17, 15) is 4.79 Å². The molecule has 3 heterocycles. The standard InChI is InChI=1S/C16H14ClNO3S/c1-9-11-3-5-22-14(11)2-4-18(9)16(19)10-6-12(17)15-13(7-10)20-8-21-15/h3,5-7,9H,2,4,8H2,1H3/t9-/m0/s1. The topological polar surface area (TPSA) is 38.8 Å². The number of rotatable bonds is 1. The van der Waals surface area contributed by atoms with Crippen LogP contribution in [0.3, 0.4) is 0 Å². The van der Waals surface area contributed by atoms with Gasteiger partial charge in [0.2, 0.25) is 6.79 Å². The maximum Gasteiger partial charge on any atom is 0.254 e. The minimum Gasteiger partial charge on any atom is -0.454 e. The van der Waals surface area contributed by atoms with Crippen LogP contribution in [-0.4, -0.2) is 24.1 Å². The molecule has 0 unspecified atom stereocenters. The van der Waals surface area contributed by atoms with Gasteiger partial charge in [0.25, 0.3) is 5.91 Å². The Balaban J connectivity index is 1.67. The Bertz CT molecular complexity index is 758. The van der Waals surface area contributed by atoms with E-state index in [1.807, 2.05) is 4.90 Å². The molecule has 0 saturated heterocycles. The predicted octanol–water partition coefficient (Wildman–Crippen LogP) is 3.89. The molecule has 0 N–H and O–H groups in total. The molecule has 114 valence electrons. The van der Waals surface area contributed by atoms with Gasteiger partial charge in [0, 0.05) is 17.0 Å². The van der Waals surface area contributed by atoms with Gasteiger partial charge in [-0.3, -0.25) is 4.79 Å². The minimum absolute atomic E-state index is 0.0236. The Morgan fingerprint density at radius 2 is 2.27 bits per heavy atom. The first-order chi connectivity index (χ1) is 10.6. The van der Waals surface area contributed by atoms with Crippen molar-refractivity contribution < 1.29 is 14.3 Å². The van der Waals surface area contributed by atoms with E-state index in [1.165, 1.54) is 10.4 Å². The second kappa shape index (κ2) is 5.18. The normalized spacial score (nSPS) is 19.2. The second-order valence-corrected chi connectivity index (χ2v) is 6.82. The first kappa shape index (κ1) is 13.9. The van der Waals surface area contributed by atoms with Gasteiger partial charge in [-0.2, -0.15) is 0 Å². The number of hydrogen-bond donors (Lipinski definition) is 0. The summed E-state index contributed by atoms with van der Waals surface area (Å²) in [5, 5.41) is 2.51. The number of thiophene rings is 1. The smallest absolute Gasteiger partial charge is 0.254 e. The third-order valence-corrected chi connectivity index (χ3v) is 5.49. The quantitative estimate of drug-likeness (QED) is 0.793. The zero-order valence-electron chi connectivity index (χ0n) is 12.0. The van der Waals surface area contributed by atoms with Gasteiger partial charge in [-0.1, -0.05) is 11.6 Å². The van der Waals surface area contributed by atoms with Crippen molar-refractivity contribution in [1.29, 1.82) is 0 Å². The zero-order chi connectivity index (χ0) is 15.3. The highest BCUT2D eigenvalue weighted by molar-refractivity contribution is 7.10. The average molecular weight is 336 g/mol. The number of amides is 1. The first-order valence-electron chi connectivity index (χ1n) is 7.11. The number of benzene rings is 1. The fourth-order valence-corrected chi connectivity index (χ4v) is 4.27. The lowest BCUT2D eigenvalue weighted by Gasteiger charge is -2.33. The van der Waals surface area contributed by atoms with E-state index >= 15 is 0 Å². The summed E-state index contributed by atoms with van der Waals surface area (Å²) in [4.78, 5) is 16.1. The molecule has 0 spiro atoms. The van der Waals surface area contributed by atoms with Gasteiger partial charge in [0.05, 0.1) is 11.1 Å². The van der Waals surface area contributed by atoms with Crippen molar-refractivity contribution in [2.45, 2.75) is 19.4 Å². The lowest BCUT2D eigenvalue weighted by atomic mass is 10.0. The van der Waals surface area contributed by atoms with Crippen LogP contribution in [0.15, 0.2) is 23.6 Å². The van der Waals surface area contributed by atoms with E-state index in [-0.39, 0.29) is 18.7 Å². The fraction of sp³-hybridized carbons (Fsp3) is 0.312. The van der Waals surface area contributed by atoms with Gasteiger partial charge in [0.15, 0.2) is 11.5 Å². The number of nitrogens with zero attached hydrogens (tertiary/aromatic N) is 1. The fourth-order valence-electron chi connectivity index (χ4n) is 3.04. The summed E-state index contributed by atoms with van der Waals surface area (Å²) in [6.07, 6.45) is 0.904. The van der Waals surface area contributed by atoms with Crippen LogP contribution in [0, 0.1) is 0 Å². The predicted molar refractivity (Wildman–Crippen MR) is 85.0 cm³/mol. The summed E-state index contributed by atoms with van der Waals surface area (Å²) < 4.78 is 10.6. The average Bonchev–Trinajstić information content (AvgIpc) is 3.15. The summed E-state index contributed by atoms with van der Waals surface area (Å²) in [6.45, 7) is 2.93. The van der Waals surface area contributed by atoms with E-state index in [2.05, 4.69) is 18.4 Å². The summed E-state index contributed by atoms with van der Waals surface area (Å²) >= 11 is 7.95. The van der Waals surface area contributed by atoms with E-state index < -0.39 is 0 Å². The Kier molecular flexibility index (Phi) is 3.27. The Hall–Kier alpha value is -1.72. The first-order valence-corrected chi connectivity index (χ1v) is 8.37. The van der Waals surface area contributed by atoms with Crippen molar-refractivity contribution in [3.8, 4) is 11.5 Å². The maximum atomic E-state index is 12.9. The highest BCUT2D eigenvalue weighted by Crippen LogP contribution is 2.41. The highest BCUT2D eigenvalue weighted by atomic mass is 35.5. The molecule has 1 atom stereocenters. The lowest BCUT2D eigenvalue weighted by molar-refractivity contribution is 0.0679. The lowest BCUT2D eigenvalue weighted by Crippen LogP contribution is -2.38. The molecule has 2 aromatic rings. The molecule has 0 aliphatic carbocycles. The van der Waals surface area contributed by atoms with Gasteiger partial charge in [-0.05, 0) is 42.5 Å². The SMILES string of the molecule is C[C@H]1c2ccsc2CCN1C(=O)c1cc(Cl)c2c(c1)OCO2. The third kappa shape index (κ3) is 2.08. The molecule has 0 saturated carbocycles. The van der Waals surface area contributed by atoms with Gasteiger partial charge < -0.3 is 14.4 Å². The number of halogens is 1. The van der Waals surface area contributed by atoms with Crippen LogP contribution in [0.2, 0.25) is 5.02 Å². The summed E-state index contributed by atoms with van der Waals surface area (Å²) in [6, 6.07) is 5.56. The third-order valence-electron chi connectivity index (χ3n) is 4.21. The number of carbonyl (C=O) groups is 1. The molecule has 1 amide bonds. The van der Waals surface area contributed by atoms with E-state index in [0.717, 1.165) is 13.0 Å². The number of ether oxygens (including phenoxy) is 2. The number of hydrogen-bond acceptors (Lipinski definition) is 4. The van der Waals surface area contributed by atoms with Crippen LogP contribution >= 0.6 is 22.9 Å². The molecule has 4 nitrogen and oxygen atoms in total. The Morgan fingerprint density at radius 3 is 3.14 bits per heavy atom. The number of fused-ring (bicyclic) bond motifs is 2. The Labute approximate surface area is 137 Å². The molecule has 2 aliphatic heterocycles. The summed E-state index contributed by atoms with van der Waals surface area (Å²) in [5.41, 5.74) is 1.79. The molecule has 4 rings (SSSR count). The Morgan fingerprint density at radius 1 is 1.41 bits per heavy atom. The molecule has 0 fully saturated rings. The summed E-state index contributed by atoms with van der Waals surface area (Å²) in [5.74, 6) is 1.03. The van der Waals surface area contributed by atoms with Crippen molar-refractivity contribution in [2.75, 3.05) is 13.3 Å². The van der Waals surface area contributed by atoms with Crippen molar-refractivity contribution in [3.05, 3.63) is 44.6 Å². The van der Waals surface area contributed by atoms with Crippen LogP contribution in [0.1, 0.15) is 33.8 Å². The highest BCUT2D eigenvalue weighted by Gasteiger charge is 2.30. The zero-order valence-corrected chi connectivity index (χ0v) is 13.5. The maximum absolute atomic E-state index is 12.9. The summed E-state index contributed by atoms with van der Waals surface area (Å²) in [7, 11) is 0. The van der Waals surface area contributed by atoms with Gasteiger partial charge in [0.1, 0.15) is 0 Å². The van der Waals surface area contributed by atoms with Crippen molar-refractivity contribution in [3.63, 3.8) is 0 Å². The van der Waals surface area contributed by atoms with Crippen molar-refractivity contribution >= 4 is 28.8 Å². The van der Waals surface area contributed by atoms with Crippen LogP contribution in [0.25, 0.3) is 0 Å². The largest absolute Gasteiger partial charge is 0.454 e. The molecule has 0 radical (unpaired) electrons. The van der Waals surface area contributed by atoms with Gasteiger partial charge in [-0.15, -0.1) is 11.3 Å². The monoisotopic (exact) mass is 335 g/mol. The van der Waals surface area contributed by atoms with Crippen molar-refractivity contribution in [2.24, 2.45) is 0 Å². The molecule has 6 heteroatoms. The van der Waals surface area contributed by atoms with Gasteiger partial charge in [-0.25, -0.2) is 0 Å². The van der Waals surface area contributed by atoms with Crippen LogP contribution in [0.4, 0.5) is 0 Å². The van der Waals surface area contributed by atoms with Crippen LogP contribution in [0.5, 0.6) is 11.5 Å². The molecular weight excluding hydrogens is 322 g/mol. The molecule has 0 bridgehead atoms. The van der Waals surface area contributed by atoms with E-state index in [4.69, 9.17) is 21.1 Å². The molecule has 2 aliphatic rings. The van der Waals surface area contributed by atoms with E-state index in [1.54, 1.807) is 23.5 Å². The molecular formula is C16H14ClNO3S. The molecule has 1 aromatic heterocycles. The van der Waals surface area contributed by atoms with Crippen LogP contribution in [-0.2, 0) is 6.42 Å². The second-order valence-electron chi connectivity index (χ2n) is 5.42.